The monoisotopic (exact) mass is 364 g/mol. The number of aromatic nitrogens is 1. The molecule has 1 aliphatic rings. The highest BCUT2D eigenvalue weighted by molar-refractivity contribution is 6.31. The number of hydrogen-bond donors (Lipinski definition) is 0. The van der Waals surface area contributed by atoms with Crippen LogP contribution in [0.5, 0.6) is 0 Å². The fourth-order valence-electron chi connectivity index (χ4n) is 2.81. The molecule has 0 radical (unpaired) electrons. The summed E-state index contributed by atoms with van der Waals surface area (Å²) in [5.41, 5.74) is 1.65. The number of likely N-dealkylation sites (N-methyl/N-ethyl adjacent to an activating group) is 1. The summed E-state index contributed by atoms with van der Waals surface area (Å²) in [5.74, 6) is 0.449. The molecule has 1 aromatic carbocycles. The number of ether oxygens (including phenoxy) is 1. The van der Waals surface area contributed by atoms with Crippen LogP contribution in [-0.2, 0) is 11.3 Å². The fraction of sp³-hybridized carbons (Fsp3) is 0.100. The maximum Gasteiger partial charge on any atom is 0.934 e. The molecule has 1 aliphatic heterocycles. The lowest BCUT2D eigenvalue weighted by Crippen LogP contribution is -2.48. The Labute approximate surface area is 157 Å². The van der Waals surface area contributed by atoms with Gasteiger partial charge in [-0.15, -0.1) is 0 Å². The minimum atomic E-state index is -2.76. The SMILES string of the molecule is CN1C=CC=C(OCc2ccccc2)/C1=C(\C#N)c1cccc[n+]1B(F)F. The average Bonchev–Trinajstić information content (AvgIpc) is 2.69. The Morgan fingerprint density at radius 2 is 1.93 bits per heavy atom. The van der Waals surface area contributed by atoms with E-state index < -0.39 is 7.40 Å². The number of pyridine rings is 1. The quantitative estimate of drug-likeness (QED) is 0.602. The van der Waals surface area contributed by atoms with Crippen LogP contribution < -0.4 is 4.48 Å². The van der Waals surface area contributed by atoms with Crippen molar-refractivity contribution in [3.8, 4) is 6.07 Å². The molecule has 0 unspecified atom stereocenters. The maximum atomic E-state index is 13.4. The van der Waals surface area contributed by atoms with E-state index in [0.717, 1.165) is 10.0 Å². The van der Waals surface area contributed by atoms with Gasteiger partial charge >= 0.3 is 7.40 Å². The van der Waals surface area contributed by atoms with Gasteiger partial charge in [0.25, 0.3) is 0 Å². The fourth-order valence-corrected chi connectivity index (χ4v) is 2.81. The molecule has 0 spiro atoms. The van der Waals surface area contributed by atoms with E-state index in [0.29, 0.717) is 18.1 Å². The molecule has 1 aromatic heterocycles. The van der Waals surface area contributed by atoms with Gasteiger partial charge in [-0.2, -0.15) is 5.26 Å². The summed E-state index contributed by atoms with van der Waals surface area (Å²) in [4.78, 5) is 1.70. The number of nitrogens with zero attached hydrogens (tertiary/aromatic N) is 3. The predicted molar refractivity (Wildman–Crippen MR) is 98.8 cm³/mol. The van der Waals surface area contributed by atoms with Crippen LogP contribution in [-0.4, -0.2) is 19.3 Å². The molecule has 3 rings (SSSR count). The third-order valence-electron chi connectivity index (χ3n) is 4.09. The van der Waals surface area contributed by atoms with Crippen molar-refractivity contribution in [3.05, 3.63) is 95.8 Å². The molecule has 0 amide bonds. The summed E-state index contributed by atoms with van der Waals surface area (Å²) in [7, 11) is -1.01. The van der Waals surface area contributed by atoms with E-state index in [2.05, 4.69) is 6.07 Å². The van der Waals surface area contributed by atoms with Crippen molar-refractivity contribution in [2.24, 2.45) is 0 Å². The zero-order chi connectivity index (χ0) is 19.2. The van der Waals surface area contributed by atoms with Crippen LogP contribution >= 0.6 is 0 Å². The lowest BCUT2D eigenvalue weighted by Gasteiger charge is -2.25. The van der Waals surface area contributed by atoms with Crippen LogP contribution in [0, 0.1) is 11.3 Å². The smallest absolute Gasteiger partial charge is 0.487 e. The van der Waals surface area contributed by atoms with E-state index in [-0.39, 0.29) is 11.3 Å². The first kappa shape index (κ1) is 18.4. The second-order valence-electron chi connectivity index (χ2n) is 5.86. The van der Waals surface area contributed by atoms with E-state index in [1.807, 2.05) is 30.3 Å². The summed E-state index contributed by atoms with van der Waals surface area (Å²) in [6.45, 7) is 0.306. The Morgan fingerprint density at radius 1 is 1.19 bits per heavy atom. The Balaban J connectivity index is 2.03. The highest BCUT2D eigenvalue weighted by Crippen LogP contribution is 2.28. The van der Waals surface area contributed by atoms with E-state index in [9.17, 15) is 13.9 Å². The molecule has 0 saturated carbocycles. The van der Waals surface area contributed by atoms with Gasteiger partial charge in [0.05, 0.1) is 0 Å². The topological polar surface area (TPSA) is 40.1 Å². The molecule has 0 saturated heterocycles. The van der Waals surface area contributed by atoms with Gasteiger partial charge in [0, 0.05) is 19.3 Å². The van der Waals surface area contributed by atoms with Crippen molar-refractivity contribution in [3.63, 3.8) is 0 Å². The molecule has 0 aliphatic carbocycles. The second-order valence-corrected chi connectivity index (χ2v) is 5.86. The third kappa shape index (κ3) is 4.06. The molecule has 27 heavy (non-hydrogen) atoms. The molecule has 0 N–H and O–H groups in total. The first-order valence-corrected chi connectivity index (χ1v) is 8.33. The summed E-state index contributed by atoms with van der Waals surface area (Å²) in [6.07, 6.45) is 6.51. The zero-order valence-corrected chi connectivity index (χ0v) is 14.7. The number of benzene rings is 1. The van der Waals surface area contributed by atoms with Gasteiger partial charge in [-0.25, -0.2) is 13.1 Å². The first-order valence-electron chi connectivity index (χ1n) is 8.33. The van der Waals surface area contributed by atoms with E-state index >= 15 is 0 Å². The van der Waals surface area contributed by atoms with Gasteiger partial charge in [0.1, 0.15) is 35.9 Å². The number of rotatable bonds is 5. The molecule has 0 fully saturated rings. The van der Waals surface area contributed by atoms with Gasteiger partial charge in [-0.3, -0.25) is 0 Å². The number of halogens is 2. The van der Waals surface area contributed by atoms with E-state index in [1.165, 1.54) is 18.3 Å². The largest absolute Gasteiger partial charge is 0.934 e. The Hall–Kier alpha value is -3.40. The minimum Gasteiger partial charge on any atom is -0.487 e. The number of allylic oxidation sites excluding steroid dienone is 3. The van der Waals surface area contributed by atoms with Crippen LogP contribution in [0.1, 0.15) is 11.3 Å². The van der Waals surface area contributed by atoms with E-state index in [1.54, 1.807) is 36.4 Å². The third-order valence-corrected chi connectivity index (χ3v) is 4.09. The van der Waals surface area contributed by atoms with E-state index in [4.69, 9.17) is 4.74 Å². The number of nitriles is 1. The molecule has 134 valence electrons. The van der Waals surface area contributed by atoms with Crippen LogP contribution in [0.25, 0.3) is 5.57 Å². The van der Waals surface area contributed by atoms with Gasteiger partial charge in [0.15, 0.2) is 0 Å². The van der Waals surface area contributed by atoms with Gasteiger partial charge < -0.3 is 9.64 Å². The van der Waals surface area contributed by atoms with Crippen molar-refractivity contribution in [2.75, 3.05) is 7.05 Å². The summed E-state index contributed by atoms with van der Waals surface area (Å²) < 4.78 is 33.5. The highest BCUT2D eigenvalue weighted by atomic mass is 19.2. The molecular weight excluding hydrogens is 347 g/mol. The molecule has 4 nitrogen and oxygen atoms in total. The maximum absolute atomic E-state index is 13.4. The van der Waals surface area contributed by atoms with Crippen molar-refractivity contribution in [1.82, 2.24) is 4.90 Å². The molecule has 2 heterocycles. The van der Waals surface area contributed by atoms with Gasteiger partial charge in [-0.1, -0.05) is 30.3 Å². The molecule has 7 heteroatoms. The molecule has 2 aromatic rings. The standard InChI is InChI=1S/C20H17BF2N3O/c1-25-12-7-11-19(27-15-16-8-3-2-4-9-16)20(25)17(14-24)18-10-5-6-13-26(18)21(22)23/h2-13H,15H2,1H3/q+1. The number of hydrogen-bond acceptors (Lipinski definition) is 3. The Morgan fingerprint density at radius 3 is 2.63 bits per heavy atom. The average molecular weight is 364 g/mol. The highest BCUT2D eigenvalue weighted by Gasteiger charge is 2.37. The summed E-state index contributed by atoms with van der Waals surface area (Å²) in [6, 6.07) is 16.3. The molecule has 0 bridgehead atoms. The van der Waals surface area contributed by atoms with Crippen LogP contribution in [0.3, 0.4) is 0 Å². The van der Waals surface area contributed by atoms with Gasteiger partial charge in [-0.05, 0) is 29.8 Å². The zero-order valence-electron chi connectivity index (χ0n) is 14.7. The van der Waals surface area contributed by atoms with Crippen LogP contribution in [0.15, 0.2) is 84.5 Å². The van der Waals surface area contributed by atoms with Crippen LogP contribution in [0.2, 0.25) is 0 Å². The van der Waals surface area contributed by atoms with Gasteiger partial charge in [0.2, 0.25) is 5.69 Å². The molecule has 0 atom stereocenters. The first-order chi connectivity index (χ1) is 13.1. The summed E-state index contributed by atoms with van der Waals surface area (Å²) in [5, 5.41) is 9.76. The van der Waals surface area contributed by atoms with Crippen molar-refractivity contribution < 1.29 is 17.8 Å². The summed E-state index contributed by atoms with van der Waals surface area (Å²) >= 11 is 0. The minimum absolute atomic E-state index is 0.113. The van der Waals surface area contributed by atoms with Crippen molar-refractivity contribution >= 4 is 13.0 Å². The molecular formula is C20H17BF2N3O+. The Bertz CT molecular complexity index is 949. The van der Waals surface area contributed by atoms with Crippen molar-refractivity contribution in [1.29, 1.82) is 5.26 Å². The predicted octanol–water partition coefficient (Wildman–Crippen LogP) is 3.54. The van der Waals surface area contributed by atoms with Crippen LogP contribution in [0.4, 0.5) is 8.63 Å². The Kier molecular flexibility index (Phi) is 5.67. The normalized spacial score (nSPS) is 15.0. The van der Waals surface area contributed by atoms with Crippen molar-refractivity contribution in [2.45, 2.75) is 6.61 Å². The second kappa shape index (κ2) is 8.32. The lowest BCUT2D eigenvalue weighted by atomic mass is 10.0. The lowest BCUT2D eigenvalue weighted by molar-refractivity contribution is -0.557.